The number of aryl methyl sites for hydroxylation is 2. The minimum atomic E-state index is -0.632. The van der Waals surface area contributed by atoms with Crippen LogP contribution in [0.3, 0.4) is 0 Å². The zero-order valence-corrected chi connectivity index (χ0v) is 11.5. The van der Waals surface area contributed by atoms with Crippen molar-refractivity contribution < 1.29 is 0 Å². The molecule has 0 amide bonds. The van der Waals surface area contributed by atoms with Crippen LogP contribution >= 0.6 is 0 Å². The summed E-state index contributed by atoms with van der Waals surface area (Å²) in [6.07, 6.45) is 4.60. The van der Waals surface area contributed by atoms with Crippen molar-refractivity contribution in [3.63, 3.8) is 0 Å². The van der Waals surface area contributed by atoms with Crippen molar-refractivity contribution in [2.75, 3.05) is 5.73 Å². The van der Waals surface area contributed by atoms with Crippen molar-refractivity contribution in [1.82, 2.24) is 28.9 Å². The highest BCUT2D eigenvalue weighted by Gasteiger charge is 2.11. The van der Waals surface area contributed by atoms with E-state index in [9.17, 15) is 9.59 Å². The lowest BCUT2D eigenvalue weighted by molar-refractivity contribution is 0.670. The van der Waals surface area contributed by atoms with Crippen molar-refractivity contribution >= 4 is 16.9 Å². The zero-order chi connectivity index (χ0) is 15.1. The van der Waals surface area contributed by atoms with E-state index in [-0.39, 0.29) is 6.54 Å². The molecular weight excluding hydrogens is 274 g/mol. The summed E-state index contributed by atoms with van der Waals surface area (Å²) in [4.78, 5) is 32.0. The van der Waals surface area contributed by atoms with E-state index in [1.54, 1.807) is 17.9 Å². The lowest BCUT2D eigenvalue weighted by Gasteiger charge is -2.06. The average Bonchev–Trinajstić information content (AvgIpc) is 2.82. The minimum absolute atomic E-state index is 0.0697. The lowest BCUT2D eigenvalue weighted by Crippen LogP contribution is -2.39. The van der Waals surface area contributed by atoms with E-state index in [1.807, 2.05) is 0 Å². The van der Waals surface area contributed by atoms with Crippen molar-refractivity contribution in [1.29, 1.82) is 0 Å². The summed E-state index contributed by atoms with van der Waals surface area (Å²) in [6, 6.07) is 0. The third-order valence-corrected chi connectivity index (χ3v) is 3.21. The molecule has 0 aliphatic heterocycles. The Labute approximate surface area is 118 Å². The van der Waals surface area contributed by atoms with Gasteiger partial charge in [-0.2, -0.15) is 5.10 Å². The first-order valence-electron chi connectivity index (χ1n) is 6.17. The molecule has 3 heterocycles. The van der Waals surface area contributed by atoms with Crippen LogP contribution in [-0.2, 0) is 20.6 Å². The van der Waals surface area contributed by atoms with Crippen LogP contribution in [0, 0.1) is 0 Å². The number of rotatable bonds is 2. The maximum absolute atomic E-state index is 11.9. The molecule has 21 heavy (non-hydrogen) atoms. The summed E-state index contributed by atoms with van der Waals surface area (Å²) in [7, 11) is 3.26. The molecule has 3 rings (SSSR count). The summed E-state index contributed by atoms with van der Waals surface area (Å²) < 4.78 is 4.04. The molecule has 0 fully saturated rings. The Morgan fingerprint density at radius 2 is 1.90 bits per heavy atom. The molecule has 2 N–H and O–H groups in total. The van der Waals surface area contributed by atoms with Gasteiger partial charge in [-0.15, -0.1) is 0 Å². The molecule has 3 aromatic heterocycles. The van der Waals surface area contributed by atoms with E-state index in [0.29, 0.717) is 22.7 Å². The Morgan fingerprint density at radius 3 is 2.67 bits per heavy atom. The second-order valence-corrected chi connectivity index (χ2v) is 4.68. The number of fused-ring (bicyclic) bond motifs is 1. The lowest BCUT2D eigenvalue weighted by atomic mass is 10.4. The second kappa shape index (κ2) is 4.54. The van der Waals surface area contributed by atoms with Gasteiger partial charge in [0.25, 0.3) is 0 Å². The standard InChI is InChI=1S/C12H13N7O2/c1-17-3-4-19(12(21)11(17)20)6-8-15-9(13)7-5-14-18(2)10(7)16-8/h3-5H,6H2,1-2H3,(H2,13,15,16). The first-order valence-corrected chi connectivity index (χ1v) is 6.17. The van der Waals surface area contributed by atoms with Crippen LogP contribution in [-0.4, -0.2) is 28.9 Å². The summed E-state index contributed by atoms with van der Waals surface area (Å²) in [5, 5.41) is 4.71. The van der Waals surface area contributed by atoms with Crippen LogP contribution in [0.15, 0.2) is 28.2 Å². The second-order valence-electron chi connectivity index (χ2n) is 4.68. The van der Waals surface area contributed by atoms with Crippen LogP contribution < -0.4 is 16.9 Å². The molecule has 0 unspecified atom stereocenters. The topological polar surface area (TPSA) is 114 Å². The smallest absolute Gasteiger partial charge is 0.316 e. The number of nitrogens with zero attached hydrogens (tertiary/aromatic N) is 6. The Kier molecular flexibility index (Phi) is 2.82. The summed E-state index contributed by atoms with van der Waals surface area (Å²) in [6.45, 7) is 0.0697. The van der Waals surface area contributed by atoms with Gasteiger partial charge >= 0.3 is 11.1 Å². The van der Waals surface area contributed by atoms with Gasteiger partial charge in [-0.25, -0.2) is 9.97 Å². The highest BCUT2D eigenvalue weighted by atomic mass is 16.2. The summed E-state index contributed by atoms with van der Waals surface area (Å²) in [5.41, 5.74) is 5.20. The number of hydrogen-bond donors (Lipinski definition) is 1. The fraction of sp³-hybridized carbons (Fsp3) is 0.250. The SMILES string of the molecule is Cn1ccn(Cc2nc(N)c3cnn(C)c3n2)c(=O)c1=O. The van der Waals surface area contributed by atoms with Crippen LogP contribution in [0.1, 0.15) is 5.82 Å². The summed E-state index contributed by atoms with van der Waals surface area (Å²) >= 11 is 0. The van der Waals surface area contributed by atoms with Crippen LogP contribution in [0.5, 0.6) is 0 Å². The van der Waals surface area contributed by atoms with Gasteiger partial charge in [0.05, 0.1) is 18.1 Å². The largest absolute Gasteiger partial charge is 0.383 e. The van der Waals surface area contributed by atoms with Crippen molar-refractivity contribution in [2.24, 2.45) is 14.1 Å². The molecule has 9 heteroatoms. The fourth-order valence-electron chi connectivity index (χ4n) is 2.03. The normalized spacial score (nSPS) is 11.1. The van der Waals surface area contributed by atoms with Gasteiger partial charge in [0.15, 0.2) is 11.5 Å². The Hall–Kier alpha value is -2.97. The molecule has 0 aliphatic rings. The highest BCUT2D eigenvalue weighted by molar-refractivity contribution is 5.84. The van der Waals surface area contributed by atoms with E-state index >= 15 is 0 Å². The van der Waals surface area contributed by atoms with Crippen molar-refractivity contribution in [3.8, 4) is 0 Å². The number of nitrogens with two attached hydrogens (primary N) is 1. The predicted molar refractivity (Wildman–Crippen MR) is 75.8 cm³/mol. The molecule has 0 radical (unpaired) electrons. The van der Waals surface area contributed by atoms with Gasteiger partial charge < -0.3 is 14.9 Å². The van der Waals surface area contributed by atoms with Crippen molar-refractivity contribution in [3.05, 3.63) is 45.1 Å². The molecule has 3 aromatic rings. The monoisotopic (exact) mass is 287 g/mol. The average molecular weight is 287 g/mol. The van der Waals surface area contributed by atoms with Crippen LogP contribution in [0.4, 0.5) is 5.82 Å². The van der Waals surface area contributed by atoms with Gasteiger partial charge in [-0.1, -0.05) is 0 Å². The zero-order valence-electron chi connectivity index (χ0n) is 11.5. The van der Waals surface area contributed by atoms with Crippen LogP contribution in [0.25, 0.3) is 11.0 Å². The molecule has 0 spiro atoms. The molecule has 0 atom stereocenters. The molecule has 0 aromatic carbocycles. The third-order valence-electron chi connectivity index (χ3n) is 3.21. The van der Waals surface area contributed by atoms with E-state index in [4.69, 9.17) is 5.73 Å². The molecule has 0 bridgehead atoms. The van der Waals surface area contributed by atoms with Gasteiger partial charge in [-0.3, -0.25) is 14.3 Å². The number of anilines is 1. The highest BCUT2D eigenvalue weighted by Crippen LogP contribution is 2.16. The molecule has 0 aliphatic carbocycles. The van der Waals surface area contributed by atoms with Gasteiger partial charge in [0.1, 0.15) is 5.82 Å². The molecule has 108 valence electrons. The van der Waals surface area contributed by atoms with Crippen molar-refractivity contribution in [2.45, 2.75) is 6.54 Å². The van der Waals surface area contributed by atoms with Gasteiger partial charge in [0, 0.05) is 26.5 Å². The maximum Gasteiger partial charge on any atom is 0.316 e. The predicted octanol–water partition coefficient (Wildman–Crippen LogP) is -1.15. The molecule has 9 nitrogen and oxygen atoms in total. The first-order chi connectivity index (χ1) is 9.97. The first kappa shape index (κ1) is 13.0. The number of aromatic nitrogens is 6. The summed E-state index contributed by atoms with van der Waals surface area (Å²) in [5.74, 6) is 0.638. The minimum Gasteiger partial charge on any atom is -0.383 e. The third kappa shape index (κ3) is 2.08. The molecule has 0 saturated carbocycles. The quantitative estimate of drug-likeness (QED) is 0.596. The number of hydrogen-bond acceptors (Lipinski definition) is 6. The number of nitrogen functional groups attached to an aromatic ring is 1. The fourth-order valence-corrected chi connectivity index (χ4v) is 2.03. The van der Waals surface area contributed by atoms with E-state index < -0.39 is 11.1 Å². The Balaban J connectivity index is 2.10. The van der Waals surface area contributed by atoms with Crippen LogP contribution in [0.2, 0.25) is 0 Å². The van der Waals surface area contributed by atoms with Gasteiger partial charge in [-0.05, 0) is 0 Å². The van der Waals surface area contributed by atoms with E-state index in [0.717, 1.165) is 0 Å². The Bertz CT molecular complexity index is 950. The van der Waals surface area contributed by atoms with Gasteiger partial charge in [0.2, 0.25) is 0 Å². The van der Waals surface area contributed by atoms with E-state index in [1.165, 1.54) is 28.6 Å². The Morgan fingerprint density at radius 1 is 1.14 bits per heavy atom. The molecular formula is C12H13N7O2. The van der Waals surface area contributed by atoms with E-state index in [2.05, 4.69) is 15.1 Å². The molecule has 0 saturated heterocycles. The maximum atomic E-state index is 11.9.